The Bertz CT molecular complexity index is 396. The molecular formula is C17H28N2O. The SMILES string of the molecule is Cc1ccc(C(C(C)N)N(C)CC2CCCOC2)cc1. The van der Waals surface area contributed by atoms with Gasteiger partial charge in [0.25, 0.3) is 0 Å². The van der Waals surface area contributed by atoms with E-state index in [1.54, 1.807) is 0 Å². The van der Waals surface area contributed by atoms with Crippen molar-refractivity contribution in [3.05, 3.63) is 35.4 Å². The van der Waals surface area contributed by atoms with Crippen molar-refractivity contribution < 1.29 is 4.74 Å². The minimum Gasteiger partial charge on any atom is -0.381 e. The first-order valence-electron chi connectivity index (χ1n) is 7.68. The molecule has 3 atom stereocenters. The molecule has 0 radical (unpaired) electrons. The van der Waals surface area contributed by atoms with Crippen LogP contribution < -0.4 is 5.73 Å². The highest BCUT2D eigenvalue weighted by molar-refractivity contribution is 5.25. The van der Waals surface area contributed by atoms with Crippen LogP contribution in [0.3, 0.4) is 0 Å². The number of likely N-dealkylation sites (N-methyl/N-ethyl adjacent to an activating group) is 1. The van der Waals surface area contributed by atoms with Crippen molar-refractivity contribution in [3.63, 3.8) is 0 Å². The molecule has 0 spiro atoms. The molecule has 1 heterocycles. The molecule has 1 aromatic rings. The summed E-state index contributed by atoms with van der Waals surface area (Å²) in [6, 6.07) is 9.14. The van der Waals surface area contributed by atoms with E-state index in [4.69, 9.17) is 10.5 Å². The zero-order chi connectivity index (χ0) is 14.5. The van der Waals surface area contributed by atoms with Gasteiger partial charge >= 0.3 is 0 Å². The molecule has 3 heteroatoms. The van der Waals surface area contributed by atoms with Gasteiger partial charge in [-0.25, -0.2) is 0 Å². The topological polar surface area (TPSA) is 38.5 Å². The molecular weight excluding hydrogens is 248 g/mol. The summed E-state index contributed by atoms with van der Waals surface area (Å²) in [7, 11) is 2.18. The Morgan fingerprint density at radius 1 is 1.35 bits per heavy atom. The van der Waals surface area contributed by atoms with Crippen molar-refractivity contribution >= 4 is 0 Å². The first kappa shape index (κ1) is 15.5. The van der Waals surface area contributed by atoms with Crippen LogP contribution in [0.15, 0.2) is 24.3 Å². The molecule has 3 nitrogen and oxygen atoms in total. The van der Waals surface area contributed by atoms with Gasteiger partial charge in [-0.1, -0.05) is 29.8 Å². The summed E-state index contributed by atoms with van der Waals surface area (Å²) in [6.07, 6.45) is 2.45. The molecule has 1 aromatic carbocycles. The summed E-state index contributed by atoms with van der Waals surface area (Å²) in [6.45, 7) is 7.09. The predicted octanol–water partition coefficient (Wildman–Crippen LogP) is 2.74. The van der Waals surface area contributed by atoms with Gasteiger partial charge in [-0.05, 0) is 45.2 Å². The maximum absolute atomic E-state index is 6.24. The van der Waals surface area contributed by atoms with Gasteiger partial charge in [0, 0.05) is 25.2 Å². The number of aryl methyl sites for hydroxylation is 1. The van der Waals surface area contributed by atoms with E-state index in [0.717, 1.165) is 19.8 Å². The lowest BCUT2D eigenvalue weighted by Gasteiger charge is -2.35. The van der Waals surface area contributed by atoms with Crippen LogP contribution in [0.1, 0.15) is 36.9 Å². The minimum absolute atomic E-state index is 0.118. The largest absolute Gasteiger partial charge is 0.381 e. The zero-order valence-electron chi connectivity index (χ0n) is 13.0. The number of rotatable bonds is 5. The molecule has 0 aromatic heterocycles. The van der Waals surface area contributed by atoms with Gasteiger partial charge in [-0.3, -0.25) is 4.90 Å². The van der Waals surface area contributed by atoms with Crippen LogP contribution in [-0.4, -0.2) is 37.7 Å². The number of benzene rings is 1. The molecule has 0 aliphatic carbocycles. The van der Waals surface area contributed by atoms with E-state index in [9.17, 15) is 0 Å². The highest BCUT2D eigenvalue weighted by Crippen LogP contribution is 2.25. The second-order valence-electron chi connectivity index (χ2n) is 6.24. The lowest BCUT2D eigenvalue weighted by molar-refractivity contribution is 0.0344. The third-order valence-electron chi connectivity index (χ3n) is 4.19. The standard InChI is InChI=1S/C17H28N2O/c1-13-6-8-16(9-7-13)17(14(2)18)19(3)11-15-5-4-10-20-12-15/h6-9,14-15,17H,4-5,10-12,18H2,1-3H3. The third kappa shape index (κ3) is 4.05. The van der Waals surface area contributed by atoms with E-state index in [0.29, 0.717) is 5.92 Å². The van der Waals surface area contributed by atoms with Gasteiger partial charge in [0.1, 0.15) is 0 Å². The average Bonchev–Trinajstić information content (AvgIpc) is 2.42. The number of hydrogen-bond donors (Lipinski definition) is 1. The van der Waals surface area contributed by atoms with Crippen molar-refractivity contribution in [1.29, 1.82) is 0 Å². The zero-order valence-corrected chi connectivity index (χ0v) is 13.0. The van der Waals surface area contributed by atoms with Crippen LogP contribution in [0.5, 0.6) is 0 Å². The van der Waals surface area contributed by atoms with Crippen LogP contribution in [-0.2, 0) is 4.74 Å². The Morgan fingerprint density at radius 3 is 2.60 bits per heavy atom. The van der Waals surface area contributed by atoms with Crippen molar-refractivity contribution in [2.24, 2.45) is 11.7 Å². The van der Waals surface area contributed by atoms with E-state index in [-0.39, 0.29) is 12.1 Å². The molecule has 2 rings (SSSR count). The molecule has 112 valence electrons. The predicted molar refractivity (Wildman–Crippen MR) is 83.7 cm³/mol. The summed E-state index contributed by atoms with van der Waals surface area (Å²) in [4.78, 5) is 2.40. The minimum atomic E-state index is 0.118. The van der Waals surface area contributed by atoms with E-state index in [1.807, 2.05) is 0 Å². The Hall–Kier alpha value is -0.900. The first-order chi connectivity index (χ1) is 9.58. The fourth-order valence-corrected chi connectivity index (χ4v) is 3.20. The van der Waals surface area contributed by atoms with Crippen LogP contribution in [0.4, 0.5) is 0 Å². The van der Waals surface area contributed by atoms with E-state index in [1.165, 1.54) is 24.0 Å². The Kier molecular flexibility index (Phi) is 5.58. The summed E-state index contributed by atoms with van der Waals surface area (Å²) in [5.74, 6) is 0.639. The monoisotopic (exact) mass is 276 g/mol. The highest BCUT2D eigenvalue weighted by Gasteiger charge is 2.24. The summed E-state index contributed by atoms with van der Waals surface area (Å²) in [5, 5.41) is 0. The van der Waals surface area contributed by atoms with Crippen molar-refractivity contribution in [1.82, 2.24) is 4.90 Å². The Labute approximate surface area is 123 Å². The third-order valence-corrected chi connectivity index (χ3v) is 4.19. The molecule has 3 unspecified atom stereocenters. The van der Waals surface area contributed by atoms with Gasteiger partial charge in [0.05, 0.1) is 6.61 Å². The normalized spacial score (nSPS) is 22.8. The maximum atomic E-state index is 6.24. The van der Waals surface area contributed by atoms with Gasteiger partial charge in [0.15, 0.2) is 0 Å². The second kappa shape index (κ2) is 7.21. The number of nitrogens with zero attached hydrogens (tertiary/aromatic N) is 1. The lowest BCUT2D eigenvalue weighted by atomic mass is 9.96. The van der Waals surface area contributed by atoms with Gasteiger partial charge in [-0.2, -0.15) is 0 Å². The Morgan fingerprint density at radius 2 is 2.05 bits per heavy atom. The van der Waals surface area contributed by atoms with Crippen molar-refractivity contribution in [3.8, 4) is 0 Å². The Balaban J connectivity index is 2.05. The molecule has 1 aliphatic heterocycles. The first-order valence-corrected chi connectivity index (χ1v) is 7.68. The van der Waals surface area contributed by atoms with Crippen molar-refractivity contribution in [2.45, 2.75) is 38.8 Å². The quantitative estimate of drug-likeness (QED) is 0.898. The molecule has 2 N–H and O–H groups in total. The number of ether oxygens (including phenoxy) is 1. The van der Waals surface area contributed by atoms with E-state index >= 15 is 0 Å². The number of hydrogen-bond acceptors (Lipinski definition) is 3. The second-order valence-corrected chi connectivity index (χ2v) is 6.24. The van der Waals surface area contributed by atoms with E-state index in [2.05, 4.69) is 50.1 Å². The fourth-order valence-electron chi connectivity index (χ4n) is 3.20. The lowest BCUT2D eigenvalue weighted by Crippen LogP contribution is -2.41. The van der Waals surface area contributed by atoms with Crippen LogP contribution in [0.25, 0.3) is 0 Å². The molecule has 20 heavy (non-hydrogen) atoms. The molecule has 0 amide bonds. The molecule has 1 saturated heterocycles. The van der Waals surface area contributed by atoms with Crippen LogP contribution in [0.2, 0.25) is 0 Å². The average molecular weight is 276 g/mol. The molecule has 0 bridgehead atoms. The van der Waals surface area contributed by atoms with Crippen LogP contribution >= 0.6 is 0 Å². The maximum Gasteiger partial charge on any atom is 0.0506 e. The molecule has 1 fully saturated rings. The number of nitrogens with two attached hydrogens (primary N) is 1. The molecule has 1 aliphatic rings. The van der Waals surface area contributed by atoms with E-state index < -0.39 is 0 Å². The van der Waals surface area contributed by atoms with Crippen molar-refractivity contribution in [2.75, 3.05) is 26.8 Å². The summed E-state index contributed by atoms with van der Waals surface area (Å²) in [5.41, 5.74) is 8.84. The van der Waals surface area contributed by atoms with Gasteiger partial charge in [0.2, 0.25) is 0 Å². The van der Waals surface area contributed by atoms with Crippen LogP contribution in [0, 0.1) is 12.8 Å². The van der Waals surface area contributed by atoms with Gasteiger partial charge < -0.3 is 10.5 Å². The smallest absolute Gasteiger partial charge is 0.0506 e. The highest BCUT2D eigenvalue weighted by atomic mass is 16.5. The molecule has 0 saturated carbocycles. The summed E-state index contributed by atoms with van der Waals surface area (Å²) >= 11 is 0. The summed E-state index contributed by atoms with van der Waals surface area (Å²) < 4.78 is 5.59. The van der Waals surface area contributed by atoms with Gasteiger partial charge in [-0.15, -0.1) is 0 Å². The fraction of sp³-hybridized carbons (Fsp3) is 0.647.